The number of fused-ring (bicyclic) bond motifs is 2. The van der Waals surface area contributed by atoms with Gasteiger partial charge in [0.05, 0.1) is 52.2 Å². The summed E-state index contributed by atoms with van der Waals surface area (Å²) < 4.78 is 123. The van der Waals surface area contributed by atoms with Crippen LogP contribution in [-0.2, 0) is 108 Å². The molecule has 0 unspecified atom stereocenters. The van der Waals surface area contributed by atoms with Crippen molar-refractivity contribution in [3.63, 3.8) is 0 Å². The van der Waals surface area contributed by atoms with E-state index in [2.05, 4.69) is 27.3 Å². The summed E-state index contributed by atoms with van der Waals surface area (Å²) in [5, 5.41) is 41.4. The lowest BCUT2D eigenvalue weighted by atomic mass is 10.1. The van der Waals surface area contributed by atoms with E-state index in [4.69, 9.17) is 34.1 Å². The van der Waals surface area contributed by atoms with Crippen LogP contribution in [0, 0.1) is 34.3 Å². The van der Waals surface area contributed by atoms with Crippen molar-refractivity contribution in [2.45, 2.75) is 101 Å². The number of hydrogen-bond acceptors (Lipinski definition) is 19. The van der Waals surface area contributed by atoms with Crippen LogP contribution in [0.25, 0.3) is 0 Å². The van der Waals surface area contributed by atoms with Crippen LogP contribution in [0.15, 0.2) is 107 Å². The Morgan fingerprint density at radius 3 is 1.38 bits per heavy atom. The van der Waals surface area contributed by atoms with Crippen LogP contribution in [0.4, 0.5) is 18.8 Å². The van der Waals surface area contributed by atoms with E-state index in [1.165, 1.54) is 82.1 Å². The molecule has 3 aliphatic rings. The quantitative estimate of drug-likeness (QED) is 0.0530. The number of carboxylic acids is 1. The summed E-state index contributed by atoms with van der Waals surface area (Å²) in [7, 11) is -18.2. The highest BCUT2D eigenvalue weighted by atomic mass is 32.2. The second-order valence-corrected chi connectivity index (χ2v) is 32.7. The van der Waals surface area contributed by atoms with Gasteiger partial charge in [-0.25, -0.2) is 48.8 Å². The molecule has 21 nitrogen and oxygen atoms in total. The average Bonchev–Trinajstić information content (AvgIpc) is 2.18. The minimum atomic E-state index is -3.79. The number of primary sulfonamides is 2. The van der Waals surface area contributed by atoms with E-state index < -0.39 is 48.8 Å². The Morgan fingerprint density at radius 1 is 0.609 bits per heavy atom. The van der Waals surface area contributed by atoms with Crippen molar-refractivity contribution >= 4 is 87.4 Å². The fraction of sp³-hybridized carbons (Fsp3) is 0.368. The number of anilines is 2. The summed E-state index contributed by atoms with van der Waals surface area (Å²) in [6.45, 7) is 10.1. The Balaban J connectivity index is 0.000000197. The maximum atomic E-state index is 13.5. The largest absolute Gasteiger partial charge is 0.481 e. The van der Waals surface area contributed by atoms with Gasteiger partial charge >= 0.3 is 28.8 Å². The highest BCUT2D eigenvalue weighted by Crippen LogP contribution is 2.82. The fourth-order valence-electron chi connectivity index (χ4n) is 9.50. The highest BCUT2D eigenvalue weighted by Gasteiger charge is 2.51. The summed E-state index contributed by atoms with van der Waals surface area (Å²) in [6.07, 6.45) is 5.00. The summed E-state index contributed by atoms with van der Waals surface area (Å²) in [6, 6.07) is 29.0. The zero-order valence-corrected chi connectivity index (χ0v) is 54.0. The molecule has 8 N–H and O–H groups in total. The van der Waals surface area contributed by atoms with Crippen LogP contribution in [-0.4, -0.2) is 88.3 Å². The lowest BCUT2D eigenvalue weighted by Gasteiger charge is -2.33. The number of nitrogen functional groups attached to an aromatic ring is 1. The first-order chi connectivity index (χ1) is 41.1. The van der Waals surface area contributed by atoms with Crippen LogP contribution in [0.1, 0.15) is 94.3 Å². The molecular weight excluding hydrogens is 1260 g/mol. The first-order valence-corrected chi connectivity index (χ1v) is 37.4. The van der Waals surface area contributed by atoms with E-state index in [9.17, 15) is 59.4 Å². The Kier molecular flexibility index (Phi) is 25.5. The van der Waals surface area contributed by atoms with Crippen molar-refractivity contribution in [3.8, 4) is 12.1 Å². The van der Waals surface area contributed by atoms with Gasteiger partial charge in [0.2, 0.25) is 26.0 Å². The van der Waals surface area contributed by atoms with Gasteiger partial charge < -0.3 is 16.2 Å². The molecule has 5 heterocycles. The van der Waals surface area contributed by atoms with Gasteiger partial charge in [-0.3, -0.25) is 33.1 Å². The molecule has 1 amide bonds. The van der Waals surface area contributed by atoms with Gasteiger partial charge in [-0.05, 0) is 127 Å². The molecule has 0 radical (unpaired) electrons. The second kappa shape index (κ2) is 31.6. The SMILES string of the molecule is CCCP1(=O)OP(=O)(CCC)OP(=O)(CCC)O1.N#Cc1c(N)sc2c1CCN(Cc1cccc(F)c1)CC2.N#Cc1c(NC(=O)Cc2ccc(S(N)(=O)=O)cc2)sc2c1CCN(Cc1cccc(F)c1)CC2.NS(=O)(=O)c1ccc(CC(=O)O)cc1. The molecule has 4 aromatic carbocycles. The Hall–Kier alpha value is -5.83. The Labute approximate surface area is 514 Å². The molecule has 0 saturated carbocycles. The monoisotopic (exact) mass is 1330 g/mol. The standard InChI is InChI=1S/C24H23FN4O3S2.C16H16FN3S.C9H21O6P3.C8H9NO4S/c25-18-3-1-2-17(12-18)15-29-10-8-20-21(14-26)24(33-22(20)9-11-29)28-23(30)13-16-4-6-19(7-5-16)34(27,31)32;17-12-3-1-2-11(8-12)10-20-6-4-13-14(9-18)16(19)21-15(13)5-7-20;1-4-7-16(10)13-17(11,8-5-2)15-18(12,14-16)9-6-3;9-14(12,13)7-3-1-6(2-4-7)5-8(10)11/h1-7,12H,8-11,13,15H2,(H,28,30)(H2,27,31,32);1-3,8H,4-7,10,19H2;4-9H2,1-3H3;1-4H,5H2,(H,10,11)(H2,9,12,13). The summed E-state index contributed by atoms with van der Waals surface area (Å²) in [5.41, 5.74) is 12.2. The lowest BCUT2D eigenvalue weighted by Crippen LogP contribution is -2.26. The number of nitrogens with one attached hydrogen (secondary N) is 1. The van der Waals surface area contributed by atoms with Gasteiger partial charge in [-0.2, -0.15) is 10.5 Å². The summed E-state index contributed by atoms with van der Waals surface area (Å²) >= 11 is 2.95. The molecule has 9 rings (SSSR count). The normalized spacial score (nSPS) is 19.5. The molecule has 1 saturated heterocycles. The van der Waals surface area contributed by atoms with E-state index >= 15 is 0 Å². The molecule has 468 valence electrons. The minimum Gasteiger partial charge on any atom is -0.481 e. The Bertz CT molecular complexity index is 3800. The molecule has 87 heavy (non-hydrogen) atoms. The van der Waals surface area contributed by atoms with Gasteiger partial charge in [-0.15, -0.1) is 22.7 Å². The third kappa shape index (κ3) is 21.2. The number of nitriles is 2. The van der Waals surface area contributed by atoms with Gasteiger partial charge in [-0.1, -0.05) is 69.3 Å². The number of sulfonamides is 2. The molecule has 6 aromatic rings. The number of halogens is 2. The van der Waals surface area contributed by atoms with Crippen molar-refractivity contribution in [2.75, 3.05) is 55.7 Å². The lowest BCUT2D eigenvalue weighted by molar-refractivity contribution is -0.136. The van der Waals surface area contributed by atoms with Gasteiger partial charge in [0.15, 0.2) is 0 Å². The van der Waals surface area contributed by atoms with Crippen molar-refractivity contribution < 1.29 is 66.9 Å². The number of carboxylic acid groups (broad SMARTS) is 1. The zero-order valence-electron chi connectivity index (χ0n) is 48.1. The number of benzene rings is 4. The van der Waals surface area contributed by atoms with Crippen molar-refractivity contribution in [2.24, 2.45) is 10.3 Å². The van der Waals surface area contributed by atoms with Crippen molar-refractivity contribution in [3.05, 3.63) is 163 Å². The molecule has 3 aliphatic heterocycles. The summed E-state index contributed by atoms with van der Waals surface area (Å²) in [5.74, 6) is -1.70. The molecule has 1 fully saturated rings. The van der Waals surface area contributed by atoms with Crippen LogP contribution in [0.2, 0.25) is 0 Å². The number of rotatable bonds is 17. The van der Waals surface area contributed by atoms with Gasteiger partial charge in [0, 0.05) is 49.0 Å². The molecule has 0 bridgehead atoms. The molecule has 0 spiro atoms. The highest BCUT2D eigenvalue weighted by molar-refractivity contribution is 7.89. The number of hydrogen-bond donors (Lipinski definition) is 5. The predicted octanol–water partition coefficient (Wildman–Crippen LogP) is 11.0. The third-order valence-electron chi connectivity index (χ3n) is 13.4. The zero-order chi connectivity index (χ0) is 63.7. The number of nitrogens with two attached hydrogens (primary N) is 3. The molecule has 30 heteroatoms. The third-order valence-corrected chi connectivity index (χ3v) is 26.5. The van der Waals surface area contributed by atoms with Crippen LogP contribution in [0.3, 0.4) is 0 Å². The number of amides is 1. The molecule has 0 atom stereocenters. The second-order valence-electron chi connectivity index (χ2n) is 20.4. The van der Waals surface area contributed by atoms with Crippen LogP contribution >= 0.6 is 45.5 Å². The van der Waals surface area contributed by atoms with Gasteiger partial charge in [0.25, 0.3) is 0 Å². The Morgan fingerprint density at radius 2 is 1.00 bits per heavy atom. The average molecular weight is 1330 g/mol. The van der Waals surface area contributed by atoms with Crippen LogP contribution in [0.5, 0.6) is 0 Å². The fourth-order valence-corrected chi connectivity index (χ4v) is 22.1. The molecule has 2 aromatic heterocycles. The van der Waals surface area contributed by atoms with Crippen molar-refractivity contribution in [1.29, 1.82) is 10.5 Å². The molecule has 0 aliphatic carbocycles. The number of nitrogens with zero attached hydrogens (tertiary/aromatic N) is 4. The number of aliphatic carboxylic acids is 1. The van der Waals surface area contributed by atoms with E-state index in [1.54, 1.807) is 51.1 Å². The first-order valence-electron chi connectivity index (χ1n) is 27.5. The van der Waals surface area contributed by atoms with Gasteiger partial charge in [0.1, 0.15) is 33.8 Å². The van der Waals surface area contributed by atoms with Crippen LogP contribution < -0.4 is 21.3 Å². The van der Waals surface area contributed by atoms with E-state index in [0.29, 0.717) is 64.5 Å². The smallest absolute Gasteiger partial charge is 0.345 e. The number of thiophene rings is 2. The maximum absolute atomic E-state index is 13.5. The number of carbonyl (C=O) groups excluding carboxylic acids is 1. The van der Waals surface area contributed by atoms with E-state index in [1.807, 2.05) is 12.1 Å². The first kappa shape index (κ1) is 70.3. The molecular formula is C57H69F2N8O13P3S4. The predicted molar refractivity (Wildman–Crippen MR) is 332 cm³/mol. The van der Waals surface area contributed by atoms with E-state index in [0.717, 1.165) is 79.1 Å². The topological polar surface area (TPSA) is 346 Å². The maximum Gasteiger partial charge on any atom is 0.345 e. The summed E-state index contributed by atoms with van der Waals surface area (Å²) in [4.78, 5) is 29.7. The minimum absolute atomic E-state index is 0.0168. The van der Waals surface area contributed by atoms with E-state index in [-0.39, 0.29) is 58.7 Å². The number of carbonyl (C=O) groups is 2. The van der Waals surface area contributed by atoms with Crippen molar-refractivity contribution in [1.82, 2.24) is 9.80 Å².